The molecule has 1 atom stereocenters. The zero-order valence-corrected chi connectivity index (χ0v) is 13.2. The van der Waals surface area contributed by atoms with Crippen LogP contribution in [0.2, 0.25) is 0 Å². The summed E-state index contributed by atoms with van der Waals surface area (Å²) in [6.07, 6.45) is 0. The highest BCUT2D eigenvalue weighted by atomic mass is 79.9. The minimum Gasteiger partial charge on any atom is -0.378 e. The van der Waals surface area contributed by atoms with Gasteiger partial charge in [0.05, 0.1) is 4.47 Å². The Bertz CT molecular complexity index is 641. The van der Waals surface area contributed by atoms with Crippen LogP contribution in [0.5, 0.6) is 0 Å². The molecular weight excluding hydrogens is 324 g/mol. The molecule has 4 heteroatoms. The molecule has 2 rings (SSSR count). The normalized spacial score (nSPS) is 12.3. The van der Waals surface area contributed by atoms with E-state index < -0.39 is 0 Å². The molecule has 0 aliphatic heterocycles. The number of nitrogens with one attached hydrogen (secondary N) is 1. The molecule has 2 aromatic rings. The lowest BCUT2D eigenvalue weighted by Gasteiger charge is -2.18. The summed E-state index contributed by atoms with van der Waals surface area (Å²) in [5, 5.41) is 3.21. The molecule has 0 fully saturated rings. The minimum absolute atomic E-state index is 0.107. The van der Waals surface area contributed by atoms with Crippen molar-refractivity contribution in [1.82, 2.24) is 0 Å². The minimum atomic E-state index is -0.319. The third-order valence-electron chi connectivity index (χ3n) is 3.34. The van der Waals surface area contributed by atoms with Crippen molar-refractivity contribution in [2.24, 2.45) is 0 Å². The molecule has 0 bridgehead atoms. The maximum Gasteiger partial charge on any atom is 0.139 e. The lowest BCUT2D eigenvalue weighted by molar-refractivity contribution is 0.613. The lowest BCUT2D eigenvalue weighted by atomic mass is 10.0. The summed E-state index contributed by atoms with van der Waals surface area (Å²) in [4.78, 5) is 0. The van der Waals surface area contributed by atoms with Crippen LogP contribution >= 0.6 is 15.9 Å². The van der Waals surface area contributed by atoms with Gasteiger partial charge in [-0.3, -0.25) is 0 Å². The first kappa shape index (κ1) is 15.0. The van der Waals surface area contributed by atoms with Crippen LogP contribution in [-0.2, 0) is 0 Å². The van der Waals surface area contributed by atoms with Gasteiger partial charge in [0.15, 0.2) is 0 Å². The van der Waals surface area contributed by atoms with Gasteiger partial charge in [0.25, 0.3) is 0 Å². The number of aryl methyl sites for hydroxylation is 2. The average molecular weight is 340 g/mol. The van der Waals surface area contributed by atoms with Crippen molar-refractivity contribution in [3.8, 4) is 0 Å². The summed E-state index contributed by atoms with van der Waals surface area (Å²) in [5.41, 5.74) is 3.08. The summed E-state index contributed by atoms with van der Waals surface area (Å²) in [7, 11) is 0. The predicted octanol–water partition coefficient (Wildman–Crippen LogP) is 5.52. The molecule has 2 aromatic carbocycles. The number of anilines is 1. The van der Waals surface area contributed by atoms with Crippen molar-refractivity contribution >= 4 is 21.6 Å². The first-order valence-corrected chi connectivity index (χ1v) is 7.16. The van der Waals surface area contributed by atoms with Crippen LogP contribution in [0.4, 0.5) is 14.5 Å². The highest BCUT2D eigenvalue weighted by molar-refractivity contribution is 9.10. The topological polar surface area (TPSA) is 12.0 Å². The fourth-order valence-corrected chi connectivity index (χ4v) is 2.45. The third-order valence-corrected chi connectivity index (χ3v) is 3.94. The molecular formula is C16H16BrF2N. The molecule has 0 saturated carbocycles. The van der Waals surface area contributed by atoms with Crippen LogP contribution in [0.15, 0.2) is 34.8 Å². The first-order valence-electron chi connectivity index (χ1n) is 6.36. The lowest BCUT2D eigenvalue weighted by Crippen LogP contribution is -2.08. The van der Waals surface area contributed by atoms with Gasteiger partial charge in [-0.25, -0.2) is 8.78 Å². The largest absolute Gasteiger partial charge is 0.378 e. The molecule has 0 amide bonds. The van der Waals surface area contributed by atoms with Gasteiger partial charge in [0.2, 0.25) is 0 Å². The number of hydrogen-bond acceptors (Lipinski definition) is 1. The maximum absolute atomic E-state index is 13.6. The van der Waals surface area contributed by atoms with Crippen LogP contribution in [0, 0.1) is 25.5 Å². The Labute approximate surface area is 126 Å². The van der Waals surface area contributed by atoms with E-state index in [9.17, 15) is 8.78 Å². The molecule has 0 aliphatic carbocycles. The van der Waals surface area contributed by atoms with Gasteiger partial charge >= 0.3 is 0 Å². The Hall–Kier alpha value is -1.42. The Morgan fingerprint density at radius 2 is 1.70 bits per heavy atom. The zero-order chi connectivity index (χ0) is 14.9. The van der Waals surface area contributed by atoms with E-state index in [2.05, 4.69) is 21.2 Å². The third kappa shape index (κ3) is 3.18. The van der Waals surface area contributed by atoms with Gasteiger partial charge in [-0.1, -0.05) is 12.1 Å². The average Bonchev–Trinajstić information content (AvgIpc) is 2.39. The molecule has 0 radical (unpaired) electrons. The summed E-state index contributed by atoms with van der Waals surface area (Å²) in [6.45, 7) is 5.55. The Morgan fingerprint density at radius 1 is 1.00 bits per heavy atom. The van der Waals surface area contributed by atoms with E-state index in [-0.39, 0.29) is 17.7 Å². The molecule has 20 heavy (non-hydrogen) atoms. The van der Waals surface area contributed by atoms with Crippen molar-refractivity contribution in [3.05, 3.63) is 63.1 Å². The van der Waals surface area contributed by atoms with Gasteiger partial charge in [0, 0.05) is 11.7 Å². The summed E-state index contributed by atoms with van der Waals surface area (Å²) in [5.74, 6) is -0.546. The van der Waals surface area contributed by atoms with Crippen LogP contribution in [-0.4, -0.2) is 0 Å². The summed E-state index contributed by atoms with van der Waals surface area (Å²) in [6, 6.07) is 8.20. The van der Waals surface area contributed by atoms with Gasteiger partial charge in [-0.2, -0.15) is 0 Å². The maximum atomic E-state index is 13.6. The first-order chi connectivity index (χ1) is 9.38. The van der Waals surface area contributed by atoms with Crippen molar-refractivity contribution in [1.29, 1.82) is 0 Å². The Kier molecular flexibility index (Phi) is 4.43. The molecule has 1 unspecified atom stereocenters. The smallest absolute Gasteiger partial charge is 0.139 e. The van der Waals surface area contributed by atoms with Crippen molar-refractivity contribution in [2.45, 2.75) is 26.8 Å². The number of rotatable bonds is 3. The molecule has 106 valence electrons. The number of hydrogen-bond donors (Lipinski definition) is 1. The van der Waals surface area contributed by atoms with E-state index in [0.29, 0.717) is 15.7 Å². The molecule has 1 nitrogen and oxygen atoms in total. The molecule has 0 aromatic heterocycles. The Balaban J connectivity index is 2.25. The van der Waals surface area contributed by atoms with Gasteiger partial charge in [-0.05, 0) is 71.6 Å². The number of benzene rings is 2. The van der Waals surface area contributed by atoms with Crippen LogP contribution < -0.4 is 5.32 Å². The van der Waals surface area contributed by atoms with Crippen molar-refractivity contribution < 1.29 is 8.78 Å². The fourth-order valence-electron chi connectivity index (χ4n) is 2.00. The predicted molar refractivity (Wildman–Crippen MR) is 82.0 cm³/mol. The summed E-state index contributed by atoms with van der Waals surface area (Å²) < 4.78 is 27.6. The van der Waals surface area contributed by atoms with E-state index in [1.165, 1.54) is 12.1 Å². The molecule has 0 heterocycles. The van der Waals surface area contributed by atoms with Gasteiger partial charge in [0.1, 0.15) is 11.6 Å². The second-order valence-electron chi connectivity index (χ2n) is 4.96. The Morgan fingerprint density at radius 3 is 2.35 bits per heavy atom. The quantitative estimate of drug-likeness (QED) is 0.776. The second kappa shape index (κ2) is 5.92. The highest BCUT2D eigenvalue weighted by Crippen LogP contribution is 2.27. The van der Waals surface area contributed by atoms with Crippen LogP contribution in [0.1, 0.15) is 29.7 Å². The second-order valence-corrected chi connectivity index (χ2v) is 5.81. The monoisotopic (exact) mass is 339 g/mol. The fraction of sp³-hybridized carbons (Fsp3) is 0.250. The van der Waals surface area contributed by atoms with E-state index in [1.54, 1.807) is 19.1 Å². The van der Waals surface area contributed by atoms with Crippen molar-refractivity contribution in [3.63, 3.8) is 0 Å². The van der Waals surface area contributed by atoms with E-state index in [0.717, 1.165) is 11.1 Å². The van der Waals surface area contributed by atoms with Crippen LogP contribution in [0.25, 0.3) is 0 Å². The molecule has 1 N–H and O–H groups in total. The molecule has 0 aliphatic rings. The zero-order valence-electron chi connectivity index (χ0n) is 11.6. The highest BCUT2D eigenvalue weighted by Gasteiger charge is 2.11. The molecule has 0 spiro atoms. The number of halogens is 3. The van der Waals surface area contributed by atoms with Gasteiger partial charge < -0.3 is 5.32 Å². The van der Waals surface area contributed by atoms with E-state index in [1.807, 2.05) is 19.9 Å². The standard InChI is InChI=1S/C16H16BrF2N/c1-9-4-5-12(7-14(9)18)11(3)20-16-8-15(19)13(17)6-10(16)2/h4-8,11,20H,1-3H3. The van der Waals surface area contributed by atoms with Crippen LogP contribution in [0.3, 0.4) is 0 Å². The van der Waals surface area contributed by atoms with Gasteiger partial charge in [-0.15, -0.1) is 0 Å². The van der Waals surface area contributed by atoms with E-state index in [4.69, 9.17) is 0 Å². The molecule has 0 saturated heterocycles. The van der Waals surface area contributed by atoms with E-state index >= 15 is 0 Å². The summed E-state index contributed by atoms with van der Waals surface area (Å²) >= 11 is 3.16. The SMILES string of the molecule is Cc1ccc(C(C)Nc2cc(F)c(Br)cc2C)cc1F. The van der Waals surface area contributed by atoms with Crippen molar-refractivity contribution in [2.75, 3.05) is 5.32 Å².